The van der Waals surface area contributed by atoms with E-state index in [0.29, 0.717) is 17.9 Å². The number of nitrogens with one attached hydrogen (secondary N) is 1. The molecule has 7 heteroatoms. The van der Waals surface area contributed by atoms with Gasteiger partial charge in [-0.1, -0.05) is 24.3 Å². The first-order valence-electron chi connectivity index (χ1n) is 8.63. The maximum atomic E-state index is 12.5. The Morgan fingerprint density at radius 2 is 1.81 bits per heavy atom. The number of rotatable bonds is 7. The Morgan fingerprint density at radius 3 is 2.44 bits per heavy atom. The molecule has 1 atom stereocenters. The Hall–Kier alpha value is -2.54. The minimum Gasteiger partial charge on any atom is -0.491 e. The summed E-state index contributed by atoms with van der Waals surface area (Å²) in [5.74, 6) is 0.505. The molecular weight excluding hydrogens is 364 g/mol. The average molecular weight is 391 g/mol. The van der Waals surface area contributed by atoms with Crippen molar-refractivity contribution in [2.75, 3.05) is 24.2 Å². The number of benzene rings is 2. The molecule has 1 amide bonds. The lowest BCUT2D eigenvalue weighted by atomic mass is 10.1. The summed E-state index contributed by atoms with van der Waals surface area (Å²) in [7, 11) is -1.94. The Morgan fingerprint density at radius 1 is 1.15 bits per heavy atom. The van der Waals surface area contributed by atoms with Crippen LogP contribution in [0.2, 0.25) is 0 Å². The van der Waals surface area contributed by atoms with Gasteiger partial charge >= 0.3 is 0 Å². The highest BCUT2D eigenvalue weighted by Gasteiger charge is 2.17. The zero-order chi connectivity index (χ0) is 20.2. The quantitative estimate of drug-likeness (QED) is 0.789. The zero-order valence-electron chi connectivity index (χ0n) is 16.3. The van der Waals surface area contributed by atoms with E-state index in [1.807, 2.05) is 38.1 Å². The van der Waals surface area contributed by atoms with Crippen molar-refractivity contribution in [3.8, 4) is 5.75 Å². The monoisotopic (exact) mass is 390 g/mol. The number of carbonyl (C=O) groups is 1. The lowest BCUT2D eigenvalue weighted by Gasteiger charge is -2.20. The number of aryl methyl sites for hydroxylation is 2. The van der Waals surface area contributed by atoms with E-state index in [1.165, 1.54) is 11.4 Å². The Balaban J connectivity index is 2.06. The molecule has 1 unspecified atom stereocenters. The van der Waals surface area contributed by atoms with Gasteiger partial charge in [0.15, 0.2) is 0 Å². The van der Waals surface area contributed by atoms with Crippen molar-refractivity contribution >= 4 is 21.6 Å². The molecule has 0 bridgehead atoms. The number of amides is 1. The van der Waals surface area contributed by atoms with Gasteiger partial charge in [0.05, 0.1) is 18.0 Å². The van der Waals surface area contributed by atoms with Crippen molar-refractivity contribution in [3.63, 3.8) is 0 Å². The second kappa shape index (κ2) is 8.43. The van der Waals surface area contributed by atoms with E-state index >= 15 is 0 Å². The average Bonchev–Trinajstić information content (AvgIpc) is 2.60. The van der Waals surface area contributed by atoms with Crippen LogP contribution in [-0.2, 0) is 10.0 Å². The van der Waals surface area contributed by atoms with Crippen LogP contribution in [0.1, 0.15) is 28.4 Å². The highest BCUT2D eigenvalue weighted by atomic mass is 32.2. The molecule has 0 heterocycles. The fourth-order valence-corrected chi connectivity index (χ4v) is 3.10. The molecule has 0 aliphatic heterocycles. The van der Waals surface area contributed by atoms with E-state index in [-0.39, 0.29) is 11.9 Å². The van der Waals surface area contributed by atoms with E-state index in [9.17, 15) is 13.2 Å². The van der Waals surface area contributed by atoms with Crippen LogP contribution < -0.4 is 14.4 Å². The first-order chi connectivity index (χ1) is 12.6. The summed E-state index contributed by atoms with van der Waals surface area (Å²) in [5, 5.41) is 2.88. The summed E-state index contributed by atoms with van der Waals surface area (Å²) in [5.41, 5.74) is 2.68. The highest BCUT2D eigenvalue weighted by Crippen LogP contribution is 2.23. The smallest absolute Gasteiger partial charge is 0.251 e. The molecule has 0 spiro atoms. The van der Waals surface area contributed by atoms with Crippen LogP contribution in [-0.4, -0.2) is 40.3 Å². The molecule has 0 saturated heterocycles. The third-order valence-electron chi connectivity index (χ3n) is 4.27. The van der Waals surface area contributed by atoms with Crippen molar-refractivity contribution in [2.24, 2.45) is 0 Å². The summed E-state index contributed by atoms with van der Waals surface area (Å²) in [6.07, 6.45) is 1.13. The van der Waals surface area contributed by atoms with Crippen molar-refractivity contribution in [1.29, 1.82) is 0 Å². The fraction of sp³-hybridized carbons (Fsp3) is 0.350. The maximum Gasteiger partial charge on any atom is 0.251 e. The summed E-state index contributed by atoms with van der Waals surface area (Å²) in [6, 6.07) is 12.5. The van der Waals surface area contributed by atoms with Gasteiger partial charge < -0.3 is 10.1 Å². The van der Waals surface area contributed by atoms with Crippen LogP contribution in [0.15, 0.2) is 42.5 Å². The molecule has 146 valence electrons. The van der Waals surface area contributed by atoms with E-state index in [2.05, 4.69) is 5.32 Å². The van der Waals surface area contributed by atoms with E-state index < -0.39 is 10.0 Å². The van der Waals surface area contributed by atoms with Gasteiger partial charge in [0.25, 0.3) is 5.91 Å². The van der Waals surface area contributed by atoms with Gasteiger partial charge in [-0.2, -0.15) is 0 Å². The van der Waals surface area contributed by atoms with Crippen molar-refractivity contribution in [2.45, 2.75) is 26.8 Å². The van der Waals surface area contributed by atoms with Gasteiger partial charge in [-0.15, -0.1) is 0 Å². The first-order valence-corrected chi connectivity index (χ1v) is 10.5. The lowest BCUT2D eigenvalue weighted by Crippen LogP contribution is -2.37. The molecule has 0 saturated carbocycles. The summed E-state index contributed by atoms with van der Waals surface area (Å²) >= 11 is 0. The SMILES string of the molecule is Cc1ccccc1OCC(C)NC(=O)c1ccc(C)c(N(C)S(C)(=O)=O)c1. The minimum absolute atomic E-state index is 0.213. The number of hydrogen-bond acceptors (Lipinski definition) is 4. The molecule has 6 nitrogen and oxygen atoms in total. The molecule has 0 fully saturated rings. The Labute approximate surface area is 161 Å². The predicted molar refractivity (Wildman–Crippen MR) is 108 cm³/mol. The third-order valence-corrected chi connectivity index (χ3v) is 5.46. The number of sulfonamides is 1. The summed E-state index contributed by atoms with van der Waals surface area (Å²) < 4.78 is 30.5. The molecule has 2 aromatic carbocycles. The number of ether oxygens (including phenoxy) is 1. The molecule has 2 aromatic rings. The van der Waals surface area contributed by atoms with Gasteiger partial charge in [-0.05, 0) is 50.1 Å². The zero-order valence-corrected chi connectivity index (χ0v) is 17.1. The Kier molecular flexibility index (Phi) is 6.49. The third kappa shape index (κ3) is 5.47. The van der Waals surface area contributed by atoms with Crippen molar-refractivity contribution < 1.29 is 17.9 Å². The predicted octanol–water partition coefficient (Wildman–Crippen LogP) is 2.90. The largest absolute Gasteiger partial charge is 0.491 e. The van der Waals surface area contributed by atoms with Crippen LogP contribution in [0.4, 0.5) is 5.69 Å². The molecular formula is C20H26N2O4S. The van der Waals surface area contributed by atoms with E-state index in [0.717, 1.165) is 23.1 Å². The van der Waals surface area contributed by atoms with Gasteiger partial charge in [-0.25, -0.2) is 8.42 Å². The summed E-state index contributed by atoms with van der Waals surface area (Å²) in [4.78, 5) is 12.5. The molecule has 2 rings (SSSR count). The van der Waals surface area contributed by atoms with Crippen LogP contribution >= 0.6 is 0 Å². The van der Waals surface area contributed by atoms with Gasteiger partial charge in [0, 0.05) is 12.6 Å². The number of carbonyl (C=O) groups excluding carboxylic acids is 1. The number of nitrogens with zero attached hydrogens (tertiary/aromatic N) is 1. The molecule has 0 radical (unpaired) electrons. The maximum absolute atomic E-state index is 12.5. The molecule has 1 N–H and O–H groups in total. The second-order valence-corrected chi connectivity index (χ2v) is 8.70. The van der Waals surface area contributed by atoms with Crippen LogP contribution in [0.5, 0.6) is 5.75 Å². The number of hydrogen-bond donors (Lipinski definition) is 1. The van der Waals surface area contributed by atoms with Crippen molar-refractivity contribution in [1.82, 2.24) is 5.32 Å². The van der Waals surface area contributed by atoms with Gasteiger partial charge in [0.1, 0.15) is 12.4 Å². The first kappa shape index (κ1) is 20.8. The van der Waals surface area contributed by atoms with Crippen LogP contribution in [0, 0.1) is 13.8 Å². The fourth-order valence-electron chi connectivity index (χ4n) is 2.55. The topological polar surface area (TPSA) is 75.7 Å². The van der Waals surface area contributed by atoms with Gasteiger partial charge in [0.2, 0.25) is 10.0 Å². The number of para-hydroxylation sites is 1. The van der Waals surface area contributed by atoms with Gasteiger partial charge in [-0.3, -0.25) is 9.10 Å². The normalized spacial score (nSPS) is 12.3. The lowest BCUT2D eigenvalue weighted by molar-refractivity contribution is 0.0926. The Bertz CT molecular complexity index is 925. The molecule has 27 heavy (non-hydrogen) atoms. The van der Waals surface area contributed by atoms with E-state index in [4.69, 9.17) is 4.74 Å². The second-order valence-electron chi connectivity index (χ2n) is 6.68. The summed E-state index contributed by atoms with van der Waals surface area (Å²) in [6.45, 7) is 5.95. The minimum atomic E-state index is -3.41. The molecule has 0 aliphatic rings. The van der Waals surface area contributed by atoms with E-state index in [1.54, 1.807) is 25.1 Å². The molecule has 0 aliphatic carbocycles. The number of anilines is 1. The molecule has 0 aromatic heterocycles. The van der Waals surface area contributed by atoms with Crippen LogP contribution in [0.25, 0.3) is 0 Å². The van der Waals surface area contributed by atoms with Crippen LogP contribution in [0.3, 0.4) is 0 Å². The standard InChI is InChI=1S/C20H26N2O4S/c1-14-10-11-17(12-18(14)22(4)27(5,24)25)20(23)21-16(3)13-26-19-9-7-6-8-15(19)2/h6-12,16H,13H2,1-5H3,(H,21,23). The van der Waals surface area contributed by atoms with Crippen molar-refractivity contribution in [3.05, 3.63) is 59.2 Å². The highest BCUT2D eigenvalue weighted by molar-refractivity contribution is 7.92.